The first-order chi connectivity index (χ1) is 8.30. The first kappa shape index (κ1) is 12.9. The number of nitriles is 1. The van der Waals surface area contributed by atoms with Gasteiger partial charge in [0.2, 0.25) is 0 Å². The van der Waals surface area contributed by atoms with Crippen LogP contribution < -0.4 is 0 Å². The van der Waals surface area contributed by atoms with Crippen molar-refractivity contribution in [1.82, 2.24) is 9.80 Å². The van der Waals surface area contributed by atoms with E-state index in [4.69, 9.17) is 0 Å². The Morgan fingerprint density at radius 3 is 2.41 bits per heavy atom. The standard InChI is InChI=1S/C14H25N3/c1-2-16-9-6-7-14(13-15,8-12-16)17-10-4-3-5-11-17/h2-12H2,1H3. The Kier molecular flexibility index (Phi) is 4.42. The molecule has 0 aromatic rings. The van der Waals surface area contributed by atoms with Gasteiger partial charge in [0.25, 0.3) is 0 Å². The second-order valence-electron chi connectivity index (χ2n) is 5.48. The van der Waals surface area contributed by atoms with Crippen LogP contribution >= 0.6 is 0 Å². The molecule has 0 N–H and O–H groups in total. The van der Waals surface area contributed by atoms with Crippen LogP contribution in [-0.4, -0.2) is 48.1 Å². The molecule has 0 bridgehead atoms. The highest BCUT2D eigenvalue weighted by Crippen LogP contribution is 2.30. The van der Waals surface area contributed by atoms with E-state index in [0.29, 0.717) is 0 Å². The lowest BCUT2D eigenvalue weighted by molar-refractivity contribution is 0.0963. The van der Waals surface area contributed by atoms with Crippen LogP contribution in [0, 0.1) is 11.3 Å². The molecule has 0 aromatic heterocycles. The third-order valence-corrected chi connectivity index (χ3v) is 4.52. The van der Waals surface area contributed by atoms with Gasteiger partial charge in [-0.3, -0.25) is 4.90 Å². The Morgan fingerprint density at radius 1 is 1.00 bits per heavy atom. The maximum Gasteiger partial charge on any atom is 0.110 e. The molecule has 2 saturated heterocycles. The van der Waals surface area contributed by atoms with Gasteiger partial charge in [-0.15, -0.1) is 0 Å². The molecule has 2 rings (SSSR count). The molecule has 1 unspecified atom stereocenters. The third kappa shape index (κ3) is 2.81. The van der Waals surface area contributed by atoms with Crippen LogP contribution in [0.25, 0.3) is 0 Å². The SMILES string of the molecule is CCN1CCCC(C#N)(N2CCCCC2)CC1. The summed E-state index contributed by atoms with van der Waals surface area (Å²) in [5, 5.41) is 9.67. The highest BCUT2D eigenvalue weighted by atomic mass is 15.2. The van der Waals surface area contributed by atoms with Crippen molar-refractivity contribution < 1.29 is 0 Å². The summed E-state index contributed by atoms with van der Waals surface area (Å²) >= 11 is 0. The van der Waals surface area contributed by atoms with Gasteiger partial charge >= 0.3 is 0 Å². The lowest BCUT2D eigenvalue weighted by Crippen LogP contribution is -2.50. The number of hydrogen-bond donors (Lipinski definition) is 0. The maximum absolute atomic E-state index is 9.67. The van der Waals surface area contributed by atoms with Crippen LogP contribution in [0.5, 0.6) is 0 Å². The molecule has 0 saturated carbocycles. The first-order valence-corrected chi connectivity index (χ1v) is 7.19. The number of hydrogen-bond acceptors (Lipinski definition) is 3. The average Bonchev–Trinajstić information content (AvgIpc) is 2.62. The van der Waals surface area contributed by atoms with E-state index < -0.39 is 0 Å². The maximum atomic E-state index is 9.67. The van der Waals surface area contributed by atoms with Crippen LogP contribution in [0.1, 0.15) is 45.4 Å². The predicted molar refractivity (Wildman–Crippen MR) is 69.7 cm³/mol. The third-order valence-electron chi connectivity index (χ3n) is 4.52. The summed E-state index contributed by atoms with van der Waals surface area (Å²) in [6.45, 7) is 7.90. The molecular formula is C14H25N3. The lowest BCUT2D eigenvalue weighted by atomic mass is 9.88. The fourth-order valence-corrected chi connectivity index (χ4v) is 3.31. The molecule has 0 amide bonds. The van der Waals surface area contributed by atoms with Crippen LogP contribution in [0.2, 0.25) is 0 Å². The molecule has 96 valence electrons. The molecule has 3 nitrogen and oxygen atoms in total. The molecule has 0 spiro atoms. The van der Waals surface area contributed by atoms with Gasteiger partial charge in [0.1, 0.15) is 5.54 Å². The van der Waals surface area contributed by atoms with Gasteiger partial charge in [-0.2, -0.15) is 5.26 Å². The molecule has 2 aliphatic rings. The number of likely N-dealkylation sites (tertiary alicyclic amines) is 2. The van der Waals surface area contributed by atoms with Crippen LogP contribution in [0.15, 0.2) is 0 Å². The summed E-state index contributed by atoms with van der Waals surface area (Å²) in [5.74, 6) is 0. The summed E-state index contributed by atoms with van der Waals surface area (Å²) in [6.07, 6.45) is 7.19. The summed E-state index contributed by atoms with van der Waals surface area (Å²) in [5.41, 5.74) is -0.148. The van der Waals surface area contributed by atoms with Crippen molar-refractivity contribution in [1.29, 1.82) is 5.26 Å². The largest absolute Gasteiger partial charge is 0.304 e. The molecule has 0 aliphatic carbocycles. The molecule has 1 atom stereocenters. The zero-order chi connectivity index (χ0) is 12.1. The quantitative estimate of drug-likeness (QED) is 0.735. The van der Waals surface area contributed by atoms with E-state index in [-0.39, 0.29) is 5.54 Å². The minimum absolute atomic E-state index is 0.148. The summed E-state index contributed by atoms with van der Waals surface area (Å²) in [4.78, 5) is 4.97. The Labute approximate surface area is 105 Å². The van der Waals surface area contributed by atoms with Crippen molar-refractivity contribution in [2.45, 2.75) is 51.0 Å². The number of nitrogens with zero attached hydrogens (tertiary/aromatic N) is 3. The second kappa shape index (κ2) is 5.84. The predicted octanol–water partition coefficient (Wildman–Crippen LogP) is 2.24. The van der Waals surface area contributed by atoms with Gasteiger partial charge in [-0.1, -0.05) is 13.3 Å². The van der Waals surface area contributed by atoms with Gasteiger partial charge in [-0.05, 0) is 58.3 Å². The molecule has 0 aromatic carbocycles. The highest BCUT2D eigenvalue weighted by molar-refractivity contribution is 5.10. The van der Waals surface area contributed by atoms with Crippen LogP contribution in [0.3, 0.4) is 0 Å². The molecular weight excluding hydrogens is 210 g/mol. The van der Waals surface area contributed by atoms with Gasteiger partial charge < -0.3 is 4.90 Å². The number of piperidine rings is 1. The van der Waals surface area contributed by atoms with E-state index in [0.717, 1.165) is 39.0 Å². The Bertz CT molecular complexity index is 278. The molecule has 17 heavy (non-hydrogen) atoms. The fourth-order valence-electron chi connectivity index (χ4n) is 3.31. The van der Waals surface area contributed by atoms with E-state index in [1.165, 1.54) is 32.2 Å². The normalized spacial score (nSPS) is 32.9. The van der Waals surface area contributed by atoms with E-state index in [1.54, 1.807) is 0 Å². The van der Waals surface area contributed by atoms with Crippen molar-refractivity contribution >= 4 is 0 Å². The molecule has 0 radical (unpaired) electrons. The summed E-state index contributed by atoms with van der Waals surface area (Å²) in [6, 6.07) is 2.67. The fraction of sp³-hybridized carbons (Fsp3) is 0.929. The minimum atomic E-state index is -0.148. The Balaban J connectivity index is 2.05. The van der Waals surface area contributed by atoms with Gasteiger partial charge in [0, 0.05) is 6.54 Å². The van der Waals surface area contributed by atoms with Gasteiger partial charge in [-0.25, -0.2) is 0 Å². The number of rotatable bonds is 2. The average molecular weight is 235 g/mol. The van der Waals surface area contributed by atoms with E-state index >= 15 is 0 Å². The van der Waals surface area contributed by atoms with Crippen molar-refractivity contribution in [3.05, 3.63) is 0 Å². The molecule has 2 heterocycles. The zero-order valence-electron chi connectivity index (χ0n) is 11.1. The lowest BCUT2D eigenvalue weighted by Gasteiger charge is -2.40. The van der Waals surface area contributed by atoms with Crippen molar-refractivity contribution in [2.24, 2.45) is 0 Å². The topological polar surface area (TPSA) is 30.3 Å². The second-order valence-corrected chi connectivity index (χ2v) is 5.48. The van der Waals surface area contributed by atoms with Gasteiger partial charge in [0.15, 0.2) is 0 Å². The van der Waals surface area contributed by atoms with Crippen LogP contribution in [-0.2, 0) is 0 Å². The van der Waals surface area contributed by atoms with Crippen molar-refractivity contribution in [3.8, 4) is 6.07 Å². The Morgan fingerprint density at radius 2 is 1.76 bits per heavy atom. The minimum Gasteiger partial charge on any atom is -0.304 e. The molecule has 3 heteroatoms. The summed E-state index contributed by atoms with van der Waals surface area (Å²) < 4.78 is 0. The van der Waals surface area contributed by atoms with Crippen molar-refractivity contribution in [2.75, 3.05) is 32.7 Å². The zero-order valence-corrected chi connectivity index (χ0v) is 11.1. The monoisotopic (exact) mass is 235 g/mol. The highest BCUT2D eigenvalue weighted by Gasteiger charge is 2.38. The molecule has 2 fully saturated rings. The van der Waals surface area contributed by atoms with E-state index in [9.17, 15) is 5.26 Å². The van der Waals surface area contributed by atoms with E-state index in [1.807, 2.05) is 0 Å². The smallest absolute Gasteiger partial charge is 0.110 e. The van der Waals surface area contributed by atoms with Gasteiger partial charge in [0.05, 0.1) is 6.07 Å². The summed E-state index contributed by atoms with van der Waals surface area (Å²) in [7, 11) is 0. The van der Waals surface area contributed by atoms with Crippen LogP contribution in [0.4, 0.5) is 0 Å². The first-order valence-electron chi connectivity index (χ1n) is 7.19. The molecule has 2 aliphatic heterocycles. The van der Waals surface area contributed by atoms with E-state index in [2.05, 4.69) is 22.8 Å². The van der Waals surface area contributed by atoms with Crippen molar-refractivity contribution in [3.63, 3.8) is 0 Å². The Hall–Kier alpha value is -0.590.